The molecule has 168 valence electrons. The SMILES string of the molecule is CCCCc1ncc(CC(=O)N[C@H](Cc2ccccc2)C(=O)O)n1Cc1ccccc1Cl. The summed E-state index contributed by atoms with van der Waals surface area (Å²) in [5.41, 5.74) is 2.53. The maximum atomic E-state index is 12.8. The van der Waals surface area contributed by atoms with Crippen LogP contribution in [0, 0.1) is 0 Å². The Kier molecular flexibility index (Phi) is 8.45. The van der Waals surface area contributed by atoms with Crippen molar-refractivity contribution in [3.8, 4) is 0 Å². The van der Waals surface area contributed by atoms with Crippen LogP contribution in [0.3, 0.4) is 0 Å². The molecule has 1 atom stereocenters. The number of halogens is 1. The number of hydrogen-bond acceptors (Lipinski definition) is 3. The Morgan fingerprint density at radius 2 is 1.84 bits per heavy atom. The van der Waals surface area contributed by atoms with E-state index >= 15 is 0 Å². The molecule has 0 aliphatic rings. The Morgan fingerprint density at radius 1 is 1.12 bits per heavy atom. The van der Waals surface area contributed by atoms with Gasteiger partial charge in [0.25, 0.3) is 0 Å². The normalized spacial score (nSPS) is 11.8. The Hall–Kier alpha value is -3.12. The molecule has 0 radical (unpaired) electrons. The zero-order valence-corrected chi connectivity index (χ0v) is 18.9. The average Bonchev–Trinajstić information content (AvgIpc) is 3.15. The number of aliphatic carboxylic acids is 1. The molecule has 32 heavy (non-hydrogen) atoms. The second-order valence-electron chi connectivity index (χ2n) is 7.77. The summed E-state index contributed by atoms with van der Waals surface area (Å²) in [6, 6.07) is 15.9. The van der Waals surface area contributed by atoms with Crippen molar-refractivity contribution in [1.82, 2.24) is 14.9 Å². The second-order valence-corrected chi connectivity index (χ2v) is 8.18. The molecule has 2 aromatic carbocycles. The average molecular weight is 454 g/mol. The highest BCUT2D eigenvalue weighted by Crippen LogP contribution is 2.19. The summed E-state index contributed by atoms with van der Waals surface area (Å²) in [5, 5.41) is 12.9. The van der Waals surface area contributed by atoms with Crippen molar-refractivity contribution in [1.29, 1.82) is 0 Å². The lowest BCUT2D eigenvalue weighted by molar-refractivity contribution is -0.141. The summed E-state index contributed by atoms with van der Waals surface area (Å²) in [7, 11) is 0. The van der Waals surface area contributed by atoms with Crippen molar-refractivity contribution in [3.63, 3.8) is 0 Å². The van der Waals surface area contributed by atoms with Gasteiger partial charge in [-0.15, -0.1) is 0 Å². The van der Waals surface area contributed by atoms with E-state index in [0.717, 1.165) is 41.9 Å². The summed E-state index contributed by atoms with van der Waals surface area (Å²) < 4.78 is 2.02. The topological polar surface area (TPSA) is 84.2 Å². The minimum absolute atomic E-state index is 0.0438. The Morgan fingerprint density at radius 3 is 2.53 bits per heavy atom. The van der Waals surface area contributed by atoms with Crippen molar-refractivity contribution in [2.75, 3.05) is 0 Å². The smallest absolute Gasteiger partial charge is 0.326 e. The molecule has 1 amide bonds. The van der Waals surface area contributed by atoms with Crippen molar-refractivity contribution in [2.24, 2.45) is 0 Å². The summed E-state index contributed by atoms with van der Waals surface area (Å²) in [6.45, 7) is 2.63. The van der Waals surface area contributed by atoms with E-state index < -0.39 is 12.0 Å². The lowest BCUT2D eigenvalue weighted by Crippen LogP contribution is -2.43. The molecule has 6 nitrogen and oxygen atoms in total. The van der Waals surface area contributed by atoms with E-state index in [-0.39, 0.29) is 18.7 Å². The Bertz CT molecular complexity index is 1050. The minimum atomic E-state index is -1.06. The van der Waals surface area contributed by atoms with Gasteiger partial charge < -0.3 is 15.0 Å². The fraction of sp³-hybridized carbons (Fsp3) is 0.320. The summed E-state index contributed by atoms with van der Waals surface area (Å²) in [6.07, 6.45) is 4.80. The van der Waals surface area contributed by atoms with Gasteiger partial charge in [0.2, 0.25) is 5.91 Å². The molecular formula is C25H28ClN3O3. The number of unbranched alkanes of at least 4 members (excludes halogenated alkanes) is 1. The van der Waals surface area contributed by atoms with E-state index in [1.54, 1.807) is 6.20 Å². The first-order valence-electron chi connectivity index (χ1n) is 10.8. The predicted molar refractivity (Wildman–Crippen MR) is 125 cm³/mol. The summed E-state index contributed by atoms with van der Waals surface area (Å²) in [4.78, 5) is 29.0. The van der Waals surface area contributed by atoms with Gasteiger partial charge in [-0.3, -0.25) is 4.79 Å². The molecule has 0 unspecified atom stereocenters. The maximum Gasteiger partial charge on any atom is 0.326 e. The zero-order chi connectivity index (χ0) is 22.9. The predicted octanol–water partition coefficient (Wildman–Crippen LogP) is 4.28. The van der Waals surface area contributed by atoms with E-state index in [1.165, 1.54) is 0 Å². The van der Waals surface area contributed by atoms with Crippen LogP contribution in [0.25, 0.3) is 0 Å². The summed E-state index contributed by atoms with van der Waals surface area (Å²) >= 11 is 6.36. The lowest BCUT2D eigenvalue weighted by atomic mass is 10.1. The van der Waals surface area contributed by atoms with Crippen LogP contribution < -0.4 is 5.32 Å². The third-order valence-corrected chi connectivity index (χ3v) is 5.69. The van der Waals surface area contributed by atoms with E-state index in [9.17, 15) is 14.7 Å². The van der Waals surface area contributed by atoms with Gasteiger partial charge in [0, 0.05) is 29.8 Å². The van der Waals surface area contributed by atoms with Gasteiger partial charge in [0.05, 0.1) is 13.0 Å². The molecule has 0 aliphatic carbocycles. The van der Waals surface area contributed by atoms with Gasteiger partial charge in [-0.25, -0.2) is 9.78 Å². The van der Waals surface area contributed by atoms with Crippen LogP contribution in [0.2, 0.25) is 5.02 Å². The van der Waals surface area contributed by atoms with E-state index in [1.807, 2.05) is 59.2 Å². The fourth-order valence-corrected chi connectivity index (χ4v) is 3.77. The second kappa shape index (κ2) is 11.5. The number of nitrogens with zero attached hydrogens (tertiary/aromatic N) is 2. The quantitative estimate of drug-likeness (QED) is 0.453. The van der Waals surface area contributed by atoms with Gasteiger partial charge in [0.15, 0.2) is 0 Å². The van der Waals surface area contributed by atoms with Crippen LogP contribution in [-0.4, -0.2) is 32.6 Å². The van der Waals surface area contributed by atoms with Gasteiger partial charge in [-0.05, 0) is 23.6 Å². The molecule has 1 aromatic heterocycles. The molecule has 0 fully saturated rings. The number of carboxylic acid groups (broad SMARTS) is 1. The number of benzene rings is 2. The molecular weight excluding hydrogens is 426 g/mol. The highest BCUT2D eigenvalue weighted by molar-refractivity contribution is 6.31. The minimum Gasteiger partial charge on any atom is -0.480 e. The van der Waals surface area contributed by atoms with Crippen LogP contribution in [0.4, 0.5) is 0 Å². The van der Waals surface area contributed by atoms with Crippen molar-refractivity contribution in [2.45, 2.75) is 51.6 Å². The number of amides is 1. The van der Waals surface area contributed by atoms with E-state index in [4.69, 9.17) is 11.6 Å². The number of carbonyl (C=O) groups is 2. The highest BCUT2D eigenvalue weighted by atomic mass is 35.5. The lowest BCUT2D eigenvalue weighted by Gasteiger charge is -2.16. The van der Waals surface area contributed by atoms with Crippen molar-refractivity contribution < 1.29 is 14.7 Å². The van der Waals surface area contributed by atoms with E-state index in [2.05, 4.69) is 17.2 Å². The van der Waals surface area contributed by atoms with Crippen molar-refractivity contribution in [3.05, 3.63) is 88.5 Å². The number of aromatic nitrogens is 2. The van der Waals surface area contributed by atoms with Gasteiger partial charge >= 0.3 is 5.97 Å². The molecule has 3 rings (SSSR count). The largest absolute Gasteiger partial charge is 0.480 e. The molecule has 0 saturated carbocycles. The highest BCUT2D eigenvalue weighted by Gasteiger charge is 2.22. The van der Waals surface area contributed by atoms with Crippen molar-refractivity contribution >= 4 is 23.5 Å². The molecule has 0 aliphatic heterocycles. The number of rotatable bonds is 11. The van der Waals surface area contributed by atoms with Crippen LogP contribution in [0.1, 0.15) is 42.4 Å². The molecule has 7 heteroatoms. The molecule has 3 aromatic rings. The van der Waals surface area contributed by atoms with Gasteiger partial charge in [-0.2, -0.15) is 0 Å². The van der Waals surface area contributed by atoms with E-state index in [0.29, 0.717) is 11.6 Å². The summed E-state index contributed by atoms with van der Waals surface area (Å²) in [5.74, 6) is -0.514. The third kappa shape index (κ3) is 6.44. The van der Waals surface area contributed by atoms with Crippen LogP contribution in [-0.2, 0) is 35.4 Å². The third-order valence-electron chi connectivity index (χ3n) is 5.32. The fourth-order valence-electron chi connectivity index (χ4n) is 3.58. The first-order valence-corrected chi connectivity index (χ1v) is 11.2. The Labute approximate surface area is 193 Å². The van der Waals surface area contributed by atoms with Crippen LogP contribution in [0.5, 0.6) is 0 Å². The zero-order valence-electron chi connectivity index (χ0n) is 18.1. The molecule has 0 bridgehead atoms. The number of carbonyl (C=O) groups excluding carboxylic acids is 1. The van der Waals surface area contributed by atoms with Gasteiger partial charge in [-0.1, -0.05) is 73.5 Å². The monoisotopic (exact) mass is 453 g/mol. The Balaban J connectivity index is 1.76. The van der Waals surface area contributed by atoms with Crippen LogP contribution in [0.15, 0.2) is 60.8 Å². The maximum absolute atomic E-state index is 12.8. The first-order chi connectivity index (χ1) is 15.5. The number of imidazole rings is 1. The molecule has 0 saturated heterocycles. The van der Waals surface area contributed by atoms with Crippen LogP contribution >= 0.6 is 11.6 Å². The first kappa shape index (κ1) is 23.5. The molecule has 2 N–H and O–H groups in total. The molecule has 1 heterocycles. The van der Waals surface area contributed by atoms with Gasteiger partial charge in [0.1, 0.15) is 11.9 Å². The number of hydrogen-bond donors (Lipinski definition) is 2. The molecule has 0 spiro atoms. The number of aryl methyl sites for hydroxylation is 1. The number of nitrogens with one attached hydrogen (secondary N) is 1. The number of carboxylic acids is 1. The standard InChI is InChI=1S/C25H28ClN3O3/c1-2-3-13-23-27-16-20(29(23)17-19-11-7-8-12-21(19)26)15-24(30)28-22(25(31)32)14-18-9-5-4-6-10-18/h4-12,16,22H,2-3,13-15,17H2,1H3,(H,28,30)(H,31,32)/t22-/m1/s1.